The van der Waals surface area contributed by atoms with E-state index < -0.39 is 0 Å². The molecule has 2 heteroatoms. The molecule has 1 aromatic rings. The SMILES string of the molecule is CC#CCC(NCCC)c1cccc(I)c1. The van der Waals surface area contributed by atoms with Crippen molar-refractivity contribution in [1.82, 2.24) is 5.32 Å². The summed E-state index contributed by atoms with van der Waals surface area (Å²) in [5, 5.41) is 3.54. The first-order valence-corrected chi connectivity index (χ1v) is 6.74. The Balaban J connectivity index is 2.76. The van der Waals surface area contributed by atoms with Crippen LogP contribution in [-0.2, 0) is 0 Å². The number of hydrogen-bond acceptors (Lipinski definition) is 1. The molecule has 1 nitrogen and oxygen atoms in total. The van der Waals surface area contributed by atoms with Crippen molar-refractivity contribution in [2.75, 3.05) is 6.54 Å². The maximum atomic E-state index is 3.54. The van der Waals surface area contributed by atoms with E-state index in [4.69, 9.17) is 0 Å². The number of rotatable bonds is 5. The van der Waals surface area contributed by atoms with Gasteiger partial charge in [0, 0.05) is 16.0 Å². The molecule has 16 heavy (non-hydrogen) atoms. The topological polar surface area (TPSA) is 12.0 Å². The summed E-state index contributed by atoms with van der Waals surface area (Å²) < 4.78 is 1.28. The maximum Gasteiger partial charge on any atom is 0.0431 e. The average Bonchev–Trinajstić information content (AvgIpc) is 2.29. The lowest BCUT2D eigenvalue weighted by Gasteiger charge is -2.16. The van der Waals surface area contributed by atoms with E-state index in [0.29, 0.717) is 6.04 Å². The Hall–Kier alpha value is -0.530. The van der Waals surface area contributed by atoms with Gasteiger partial charge in [0.05, 0.1) is 0 Å². The van der Waals surface area contributed by atoms with E-state index in [2.05, 4.69) is 70.9 Å². The molecule has 1 N–H and O–H groups in total. The highest BCUT2D eigenvalue weighted by Gasteiger charge is 2.08. The molecule has 0 amide bonds. The zero-order chi connectivity index (χ0) is 11.8. The van der Waals surface area contributed by atoms with Crippen LogP contribution in [0.2, 0.25) is 0 Å². The van der Waals surface area contributed by atoms with Gasteiger partial charge in [-0.05, 0) is 60.2 Å². The molecule has 0 bridgehead atoms. The van der Waals surface area contributed by atoms with E-state index in [1.54, 1.807) is 0 Å². The Morgan fingerprint density at radius 3 is 2.88 bits per heavy atom. The maximum absolute atomic E-state index is 3.54. The minimum Gasteiger partial charge on any atom is -0.309 e. The van der Waals surface area contributed by atoms with Gasteiger partial charge in [-0.2, -0.15) is 0 Å². The van der Waals surface area contributed by atoms with Gasteiger partial charge < -0.3 is 5.32 Å². The lowest BCUT2D eigenvalue weighted by atomic mass is 10.0. The molecule has 0 aliphatic heterocycles. The molecule has 0 radical (unpaired) electrons. The lowest BCUT2D eigenvalue weighted by Crippen LogP contribution is -2.21. The fourth-order valence-corrected chi connectivity index (χ4v) is 2.12. The van der Waals surface area contributed by atoms with E-state index in [0.717, 1.165) is 19.4 Å². The van der Waals surface area contributed by atoms with Crippen LogP contribution in [0.5, 0.6) is 0 Å². The van der Waals surface area contributed by atoms with E-state index in [1.807, 2.05) is 6.92 Å². The molecule has 0 saturated heterocycles. The zero-order valence-electron chi connectivity index (χ0n) is 9.89. The van der Waals surface area contributed by atoms with Crippen LogP contribution < -0.4 is 5.32 Å². The molecular weight excluding hydrogens is 309 g/mol. The van der Waals surface area contributed by atoms with Gasteiger partial charge in [0.1, 0.15) is 0 Å². The summed E-state index contributed by atoms with van der Waals surface area (Å²) >= 11 is 2.35. The third-order valence-electron chi connectivity index (χ3n) is 2.37. The average molecular weight is 327 g/mol. The van der Waals surface area contributed by atoms with Gasteiger partial charge >= 0.3 is 0 Å². The van der Waals surface area contributed by atoms with Gasteiger partial charge in [-0.3, -0.25) is 0 Å². The molecule has 1 atom stereocenters. The predicted molar refractivity (Wildman–Crippen MR) is 78.3 cm³/mol. The molecule has 0 spiro atoms. The molecular formula is C14H18IN. The van der Waals surface area contributed by atoms with Crippen LogP contribution in [0.4, 0.5) is 0 Å². The van der Waals surface area contributed by atoms with Crippen LogP contribution >= 0.6 is 22.6 Å². The van der Waals surface area contributed by atoms with Gasteiger partial charge in [0.25, 0.3) is 0 Å². The van der Waals surface area contributed by atoms with Gasteiger partial charge in [0.15, 0.2) is 0 Å². The second-order valence-corrected chi connectivity index (χ2v) is 4.94. The summed E-state index contributed by atoms with van der Waals surface area (Å²) in [6.07, 6.45) is 2.04. The van der Waals surface area contributed by atoms with E-state index in [1.165, 1.54) is 9.13 Å². The van der Waals surface area contributed by atoms with E-state index in [9.17, 15) is 0 Å². The standard InChI is InChI=1S/C14H18IN/c1-3-5-9-14(16-10-4-2)12-7-6-8-13(15)11-12/h6-8,11,14,16H,4,9-10H2,1-2H3. The fraction of sp³-hybridized carbons (Fsp3) is 0.429. The van der Waals surface area contributed by atoms with Crippen LogP contribution in [0.15, 0.2) is 24.3 Å². The number of hydrogen-bond donors (Lipinski definition) is 1. The Morgan fingerprint density at radius 2 is 2.25 bits per heavy atom. The molecule has 0 heterocycles. The minimum absolute atomic E-state index is 0.363. The predicted octanol–water partition coefficient (Wildman–Crippen LogP) is 3.75. The van der Waals surface area contributed by atoms with E-state index in [-0.39, 0.29) is 0 Å². The molecule has 0 saturated carbocycles. The monoisotopic (exact) mass is 327 g/mol. The first kappa shape index (κ1) is 13.5. The van der Waals surface area contributed by atoms with Gasteiger partial charge in [-0.15, -0.1) is 11.8 Å². The van der Waals surface area contributed by atoms with Crippen LogP contribution in [0.25, 0.3) is 0 Å². The normalized spacial score (nSPS) is 11.7. The highest BCUT2D eigenvalue weighted by Crippen LogP contribution is 2.18. The van der Waals surface area contributed by atoms with Crippen molar-refractivity contribution in [3.05, 3.63) is 33.4 Å². The minimum atomic E-state index is 0.363. The van der Waals surface area contributed by atoms with Gasteiger partial charge in [-0.1, -0.05) is 19.1 Å². The Bertz CT molecular complexity index is 376. The van der Waals surface area contributed by atoms with Crippen LogP contribution in [0, 0.1) is 15.4 Å². The van der Waals surface area contributed by atoms with Crippen LogP contribution in [0.3, 0.4) is 0 Å². The highest BCUT2D eigenvalue weighted by atomic mass is 127. The number of halogens is 1. The Morgan fingerprint density at radius 1 is 1.44 bits per heavy atom. The summed E-state index contributed by atoms with van der Waals surface area (Å²) in [6.45, 7) is 5.12. The zero-order valence-corrected chi connectivity index (χ0v) is 12.0. The molecule has 0 aromatic heterocycles. The largest absolute Gasteiger partial charge is 0.309 e. The van der Waals surface area contributed by atoms with Crippen molar-refractivity contribution >= 4 is 22.6 Å². The van der Waals surface area contributed by atoms with Gasteiger partial charge in [-0.25, -0.2) is 0 Å². The molecule has 0 fully saturated rings. The second-order valence-electron chi connectivity index (χ2n) is 3.69. The van der Waals surface area contributed by atoms with Crippen molar-refractivity contribution in [3.8, 4) is 11.8 Å². The second kappa shape index (κ2) is 7.70. The van der Waals surface area contributed by atoms with Crippen LogP contribution in [-0.4, -0.2) is 6.54 Å². The molecule has 1 rings (SSSR count). The first-order chi connectivity index (χ1) is 7.77. The summed E-state index contributed by atoms with van der Waals surface area (Å²) in [5.41, 5.74) is 1.34. The first-order valence-electron chi connectivity index (χ1n) is 5.66. The highest BCUT2D eigenvalue weighted by molar-refractivity contribution is 14.1. The summed E-state index contributed by atoms with van der Waals surface area (Å²) in [5.74, 6) is 6.13. The third-order valence-corrected chi connectivity index (χ3v) is 3.05. The third kappa shape index (κ3) is 4.54. The molecule has 86 valence electrons. The van der Waals surface area contributed by atoms with Gasteiger partial charge in [0.2, 0.25) is 0 Å². The van der Waals surface area contributed by atoms with Crippen molar-refractivity contribution in [2.45, 2.75) is 32.7 Å². The van der Waals surface area contributed by atoms with Crippen molar-refractivity contribution in [2.24, 2.45) is 0 Å². The fourth-order valence-electron chi connectivity index (χ4n) is 1.55. The number of benzene rings is 1. The smallest absolute Gasteiger partial charge is 0.0431 e. The van der Waals surface area contributed by atoms with Crippen LogP contribution in [0.1, 0.15) is 38.3 Å². The Kier molecular flexibility index (Phi) is 6.51. The summed E-state index contributed by atoms with van der Waals surface area (Å²) in [6, 6.07) is 8.99. The number of nitrogens with one attached hydrogen (secondary N) is 1. The molecule has 0 aliphatic rings. The molecule has 0 aliphatic carbocycles. The van der Waals surface area contributed by atoms with Crippen molar-refractivity contribution in [1.29, 1.82) is 0 Å². The summed E-state index contributed by atoms with van der Waals surface area (Å²) in [7, 11) is 0. The Labute approximate surface area is 112 Å². The quantitative estimate of drug-likeness (QED) is 0.642. The molecule has 1 aromatic carbocycles. The van der Waals surface area contributed by atoms with Crippen molar-refractivity contribution in [3.63, 3.8) is 0 Å². The summed E-state index contributed by atoms with van der Waals surface area (Å²) in [4.78, 5) is 0. The molecule has 1 unspecified atom stereocenters. The lowest BCUT2D eigenvalue weighted by molar-refractivity contribution is 0.542. The van der Waals surface area contributed by atoms with Crippen molar-refractivity contribution < 1.29 is 0 Å². The van der Waals surface area contributed by atoms with E-state index >= 15 is 0 Å².